The normalized spacial score (nSPS) is 14.9. The number of methoxy groups -OCH3 is 2. The van der Waals surface area contributed by atoms with Crippen molar-refractivity contribution in [3.63, 3.8) is 0 Å². The van der Waals surface area contributed by atoms with Gasteiger partial charge < -0.3 is 9.47 Å². The van der Waals surface area contributed by atoms with Crippen molar-refractivity contribution in [2.24, 2.45) is 0 Å². The maximum absolute atomic E-state index is 12.5. The minimum Gasteiger partial charge on any atom is -0.496 e. The molecule has 1 aliphatic rings. The van der Waals surface area contributed by atoms with Crippen molar-refractivity contribution in [2.45, 2.75) is 25.7 Å². The summed E-state index contributed by atoms with van der Waals surface area (Å²) in [4.78, 5) is 12.5. The molecule has 0 N–H and O–H groups in total. The van der Waals surface area contributed by atoms with Crippen LogP contribution in [0.1, 0.15) is 36.0 Å². The van der Waals surface area contributed by atoms with E-state index < -0.39 is 0 Å². The second-order valence-electron chi connectivity index (χ2n) is 4.34. The van der Waals surface area contributed by atoms with Crippen molar-refractivity contribution < 1.29 is 14.3 Å². The molecule has 3 heteroatoms. The number of carbonyl (C=O) groups is 1. The first-order valence-corrected chi connectivity index (χ1v) is 6.22. The molecule has 18 heavy (non-hydrogen) atoms. The van der Waals surface area contributed by atoms with E-state index in [1.807, 2.05) is 12.1 Å². The van der Waals surface area contributed by atoms with Crippen LogP contribution in [0.3, 0.4) is 0 Å². The highest BCUT2D eigenvalue weighted by atomic mass is 16.5. The van der Waals surface area contributed by atoms with Crippen molar-refractivity contribution in [1.82, 2.24) is 0 Å². The highest BCUT2D eigenvalue weighted by molar-refractivity contribution is 6.12. The predicted molar refractivity (Wildman–Crippen MR) is 70.4 cm³/mol. The van der Waals surface area contributed by atoms with Gasteiger partial charge in [-0.25, -0.2) is 0 Å². The molecule has 0 unspecified atom stereocenters. The van der Waals surface area contributed by atoms with Crippen LogP contribution in [0, 0.1) is 0 Å². The van der Waals surface area contributed by atoms with Crippen LogP contribution in [0.4, 0.5) is 0 Å². The number of hydrogen-bond acceptors (Lipinski definition) is 3. The Kier molecular flexibility index (Phi) is 4.03. The summed E-state index contributed by atoms with van der Waals surface area (Å²) < 4.78 is 10.5. The van der Waals surface area contributed by atoms with Crippen molar-refractivity contribution in [3.8, 4) is 11.5 Å². The molecule has 0 amide bonds. The summed E-state index contributed by atoms with van der Waals surface area (Å²) in [5.41, 5.74) is 1.42. The summed E-state index contributed by atoms with van der Waals surface area (Å²) in [7, 11) is 3.14. The van der Waals surface area contributed by atoms with Gasteiger partial charge in [-0.3, -0.25) is 4.79 Å². The molecule has 1 aromatic carbocycles. The van der Waals surface area contributed by atoms with Gasteiger partial charge in [0.25, 0.3) is 0 Å². The molecule has 96 valence electrons. The third-order valence-electron chi connectivity index (χ3n) is 3.24. The molecule has 0 saturated carbocycles. The summed E-state index contributed by atoms with van der Waals surface area (Å²) in [5, 5.41) is 0. The van der Waals surface area contributed by atoms with Gasteiger partial charge in [-0.05, 0) is 43.4 Å². The van der Waals surface area contributed by atoms with E-state index in [1.165, 1.54) is 6.42 Å². The molecule has 0 atom stereocenters. The molecule has 1 aromatic rings. The van der Waals surface area contributed by atoms with E-state index in [2.05, 4.69) is 0 Å². The second-order valence-corrected chi connectivity index (χ2v) is 4.34. The fourth-order valence-corrected chi connectivity index (χ4v) is 2.28. The van der Waals surface area contributed by atoms with Gasteiger partial charge in [-0.1, -0.05) is 12.1 Å². The van der Waals surface area contributed by atoms with Gasteiger partial charge in [-0.15, -0.1) is 0 Å². The Labute approximate surface area is 107 Å². The minimum absolute atomic E-state index is 0.0315. The monoisotopic (exact) mass is 246 g/mol. The zero-order chi connectivity index (χ0) is 13.0. The standard InChI is InChI=1S/C15H18O3/c1-17-12-9-6-10-13(18-2)14(12)15(16)11-7-4-3-5-8-11/h6-7,9-10H,3-5,8H2,1-2H3. The van der Waals surface area contributed by atoms with E-state index in [-0.39, 0.29) is 5.78 Å². The van der Waals surface area contributed by atoms with Crippen molar-refractivity contribution >= 4 is 5.78 Å². The molecule has 0 fully saturated rings. The molecule has 1 aliphatic carbocycles. The quantitative estimate of drug-likeness (QED) is 0.764. The Morgan fingerprint density at radius 3 is 2.28 bits per heavy atom. The summed E-state index contributed by atoms with van der Waals surface area (Å²) >= 11 is 0. The molecule has 0 spiro atoms. The number of ether oxygens (including phenoxy) is 2. The molecule has 0 saturated heterocycles. The lowest BCUT2D eigenvalue weighted by molar-refractivity contribution is 0.102. The third kappa shape index (κ3) is 2.40. The van der Waals surface area contributed by atoms with Gasteiger partial charge in [0, 0.05) is 0 Å². The first-order valence-electron chi connectivity index (χ1n) is 6.22. The van der Waals surface area contributed by atoms with Gasteiger partial charge in [0.05, 0.1) is 14.2 Å². The van der Waals surface area contributed by atoms with Crippen LogP contribution >= 0.6 is 0 Å². The number of rotatable bonds is 4. The topological polar surface area (TPSA) is 35.5 Å². The number of hydrogen-bond donors (Lipinski definition) is 0. The Hall–Kier alpha value is -1.77. The molecule has 0 radical (unpaired) electrons. The van der Waals surface area contributed by atoms with E-state index in [9.17, 15) is 4.79 Å². The van der Waals surface area contributed by atoms with Crippen LogP contribution in [0.5, 0.6) is 11.5 Å². The van der Waals surface area contributed by atoms with E-state index in [4.69, 9.17) is 9.47 Å². The van der Waals surface area contributed by atoms with Crippen molar-refractivity contribution in [3.05, 3.63) is 35.4 Å². The van der Waals surface area contributed by atoms with Crippen LogP contribution in [0.2, 0.25) is 0 Å². The van der Waals surface area contributed by atoms with E-state index in [1.54, 1.807) is 26.4 Å². The van der Waals surface area contributed by atoms with E-state index in [0.29, 0.717) is 17.1 Å². The molecule has 2 rings (SSSR count). The smallest absolute Gasteiger partial charge is 0.196 e. The first kappa shape index (κ1) is 12.7. The largest absolute Gasteiger partial charge is 0.496 e. The Bertz CT molecular complexity index is 452. The Morgan fingerprint density at radius 1 is 1.11 bits per heavy atom. The maximum Gasteiger partial charge on any atom is 0.196 e. The summed E-state index contributed by atoms with van der Waals surface area (Å²) in [6.45, 7) is 0. The zero-order valence-electron chi connectivity index (χ0n) is 10.9. The van der Waals surface area contributed by atoms with Gasteiger partial charge in [0.1, 0.15) is 17.1 Å². The second kappa shape index (κ2) is 5.71. The molecule has 3 nitrogen and oxygen atoms in total. The summed E-state index contributed by atoms with van der Waals surface area (Å²) in [6, 6.07) is 5.40. The van der Waals surface area contributed by atoms with Crippen LogP contribution < -0.4 is 9.47 Å². The lowest BCUT2D eigenvalue weighted by Gasteiger charge is -2.15. The lowest BCUT2D eigenvalue weighted by atomic mass is 9.92. The van der Waals surface area contributed by atoms with Crippen molar-refractivity contribution in [2.75, 3.05) is 14.2 Å². The maximum atomic E-state index is 12.5. The van der Waals surface area contributed by atoms with E-state index >= 15 is 0 Å². The SMILES string of the molecule is COc1cccc(OC)c1C(=O)C1=CCCCC1. The van der Waals surface area contributed by atoms with Crippen LogP contribution in [0.25, 0.3) is 0 Å². The number of ketones is 1. The van der Waals surface area contributed by atoms with Crippen LogP contribution in [-0.2, 0) is 0 Å². The summed E-state index contributed by atoms with van der Waals surface area (Å²) in [6.07, 6.45) is 6.12. The zero-order valence-corrected chi connectivity index (χ0v) is 10.9. The van der Waals surface area contributed by atoms with Gasteiger partial charge >= 0.3 is 0 Å². The molecule has 0 bridgehead atoms. The predicted octanol–water partition coefficient (Wildman–Crippen LogP) is 3.39. The highest BCUT2D eigenvalue weighted by Crippen LogP contribution is 2.32. The molecular formula is C15H18O3. The molecule has 0 aliphatic heterocycles. The average molecular weight is 246 g/mol. The number of benzene rings is 1. The fourth-order valence-electron chi connectivity index (χ4n) is 2.28. The van der Waals surface area contributed by atoms with E-state index in [0.717, 1.165) is 24.8 Å². The fraction of sp³-hybridized carbons (Fsp3) is 0.400. The Balaban J connectivity index is 2.42. The minimum atomic E-state index is 0.0315. The van der Waals surface area contributed by atoms with Crippen LogP contribution in [-0.4, -0.2) is 20.0 Å². The van der Waals surface area contributed by atoms with Gasteiger partial charge in [0.15, 0.2) is 5.78 Å². The average Bonchev–Trinajstić information content (AvgIpc) is 2.46. The van der Waals surface area contributed by atoms with Gasteiger partial charge in [0.2, 0.25) is 0 Å². The lowest BCUT2D eigenvalue weighted by Crippen LogP contribution is -2.09. The van der Waals surface area contributed by atoms with Crippen LogP contribution in [0.15, 0.2) is 29.8 Å². The number of carbonyl (C=O) groups excluding carboxylic acids is 1. The molecule has 0 aromatic heterocycles. The number of Topliss-reactive ketones (excluding diaryl/α,β-unsaturated/α-hetero) is 1. The number of allylic oxidation sites excluding steroid dienone is 2. The third-order valence-corrected chi connectivity index (χ3v) is 3.24. The first-order chi connectivity index (χ1) is 8.77. The summed E-state index contributed by atoms with van der Waals surface area (Å²) in [5.74, 6) is 1.18. The van der Waals surface area contributed by atoms with Crippen molar-refractivity contribution in [1.29, 1.82) is 0 Å². The van der Waals surface area contributed by atoms with Gasteiger partial charge in [-0.2, -0.15) is 0 Å². The Morgan fingerprint density at radius 2 is 1.78 bits per heavy atom. The molecule has 0 heterocycles. The highest BCUT2D eigenvalue weighted by Gasteiger charge is 2.22. The molecular weight excluding hydrogens is 228 g/mol.